The highest BCUT2D eigenvalue weighted by molar-refractivity contribution is 6.42. The summed E-state index contributed by atoms with van der Waals surface area (Å²) < 4.78 is 15.7. The van der Waals surface area contributed by atoms with E-state index in [1.807, 2.05) is 30.5 Å². The maximum Gasteiger partial charge on any atom is 0.329 e. The van der Waals surface area contributed by atoms with E-state index in [0.29, 0.717) is 15.6 Å². The fraction of sp³-hybridized carbons (Fsp3) is 0.125. The average Bonchev–Trinajstić information content (AvgIpc) is 3.21. The number of benzene rings is 2. The number of rotatable bonds is 5. The molecule has 3 aromatic rings. The largest absolute Gasteiger partial charge is 0.329 e. The zero-order valence-corrected chi connectivity index (χ0v) is 19.7. The summed E-state index contributed by atoms with van der Waals surface area (Å²) in [4.78, 5) is 38.2. The Morgan fingerprint density at radius 2 is 1.82 bits per heavy atom. The summed E-state index contributed by atoms with van der Waals surface area (Å²) in [5.41, 5.74) is 3.16. The molecule has 2 aromatic carbocycles. The number of nitrogens with zero attached hydrogens (tertiary/aromatic N) is 2. The average molecular weight is 501 g/mol. The molecule has 4 rings (SSSR count). The van der Waals surface area contributed by atoms with E-state index in [-0.39, 0.29) is 11.4 Å². The number of anilines is 1. The van der Waals surface area contributed by atoms with Crippen LogP contribution in [0.5, 0.6) is 0 Å². The molecule has 2 N–H and O–H groups in total. The lowest BCUT2D eigenvalue weighted by atomic mass is 10.2. The Morgan fingerprint density at radius 1 is 1.09 bits per heavy atom. The van der Waals surface area contributed by atoms with E-state index in [1.165, 1.54) is 18.2 Å². The number of hydrogen-bond acceptors (Lipinski definition) is 3. The molecule has 174 valence electrons. The first-order chi connectivity index (χ1) is 16.2. The van der Waals surface area contributed by atoms with Crippen LogP contribution in [0.2, 0.25) is 10.0 Å². The van der Waals surface area contributed by atoms with Gasteiger partial charge in [0.2, 0.25) is 5.91 Å². The van der Waals surface area contributed by atoms with Crippen molar-refractivity contribution in [1.29, 1.82) is 0 Å². The molecule has 2 heterocycles. The maximum absolute atomic E-state index is 13.8. The first-order valence-corrected chi connectivity index (χ1v) is 10.9. The van der Waals surface area contributed by atoms with Crippen LogP contribution in [-0.4, -0.2) is 33.9 Å². The SMILES string of the molecule is Cc1cc(/C=C2\NC(=O)N(CC(=O)Nc3ccccc3F)C2=O)c(C)n1-c1ccc(Cl)c(Cl)c1. The van der Waals surface area contributed by atoms with Crippen LogP contribution in [-0.2, 0) is 9.59 Å². The number of amides is 4. The summed E-state index contributed by atoms with van der Waals surface area (Å²) in [7, 11) is 0. The smallest absolute Gasteiger partial charge is 0.322 e. The van der Waals surface area contributed by atoms with Gasteiger partial charge >= 0.3 is 6.03 Å². The van der Waals surface area contributed by atoms with Crippen molar-refractivity contribution in [3.05, 3.63) is 87.0 Å². The molecule has 1 aromatic heterocycles. The summed E-state index contributed by atoms with van der Waals surface area (Å²) in [6.45, 7) is 3.20. The lowest BCUT2D eigenvalue weighted by molar-refractivity contribution is -0.127. The standard InChI is InChI=1S/C24H19Cl2FN4O3/c1-13-9-15(14(2)31(13)16-7-8-17(25)18(26)11-16)10-21-23(33)30(24(34)29-21)12-22(32)28-20-6-4-3-5-19(20)27/h3-11H,12H2,1-2H3,(H,28,32)(H,29,34)/b21-10-. The van der Waals surface area contributed by atoms with Crippen LogP contribution in [0.25, 0.3) is 11.8 Å². The van der Waals surface area contributed by atoms with Crippen molar-refractivity contribution in [2.24, 2.45) is 0 Å². The molecule has 0 radical (unpaired) electrons. The van der Waals surface area contributed by atoms with Crippen LogP contribution in [0.15, 0.2) is 54.2 Å². The summed E-state index contributed by atoms with van der Waals surface area (Å²) in [6.07, 6.45) is 1.55. The van der Waals surface area contributed by atoms with E-state index in [0.717, 1.165) is 22.0 Å². The molecular weight excluding hydrogens is 482 g/mol. The minimum absolute atomic E-state index is 0.0260. The van der Waals surface area contributed by atoms with Gasteiger partial charge in [0.25, 0.3) is 5.91 Å². The predicted molar refractivity (Wildman–Crippen MR) is 129 cm³/mol. The zero-order valence-electron chi connectivity index (χ0n) is 18.2. The van der Waals surface area contributed by atoms with Gasteiger partial charge in [0, 0.05) is 17.1 Å². The first kappa shape index (κ1) is 23.5. The van der Waals surface area contributed by atoms with Gasteiger partial charge in [-0.2, -0.15) is 0 Å². The van der Waals surface area contributed by atoms with Crippen molar-refractivity contribution in [1.82, 2.24) is 14.8 Å². The molecule has 0 atom stereocenters. The van der Waals surface area contributed by atoms with Gasteiger partial charge in [-0.3, -0.25) is 9.59 Å². The van der Waals surface area contributed by atoms with E-state index in [9.17, 15) is 18.8 Å². The number of nitrogens with one attached hydrogen (secondary N) is 2. The minimum atomic E-state index is -0.738. The number of hydrogen-bond donors (Lipinski definition) is 2. The second-order valence-corrected chi connectivity index (χ2v) is 8.48. The molecule has 0 spiro atoms. The quantitative estimate of drug-likeness (QED) is 0.378. The number of urea groups is 1. The number of para-hydroxylation sites is 1. The fourth-order valence-electron chi connectivity index (χ4n) is 3.72. The molecule has 34 heavy (non-hydrogen) atoms. The molecule has 4 amide bonds. The summed E-state index contributed by atoms with van der Waals surface area (Å²) in [5.74, 6) is -1.98. The Hall–Kier alpha value is -3.62. The number of aromatic nitrogens is 1. The molecule has 1 aliphatic heterocycles. The van der Waals surface area contributed by atoms with Crippen molar-refractivity contribution >= 4 is 52.8 Å². The Labute approximate surface area is 204 Å². The van der Waals surface area contributed by atoms with E-state index in [1.54, 1.807) is 24.3 Å². The molecule has 0 aliphatic carbocycles. The first-order valence-electron chi connectivity index (χ1n) is 10.2. The normalized spacial score (nSPS) is 14.6. The predicted octanol–water partition coefficient (Wildman–Crippen LogP) is 5.07. The summed E-state index contributed by atoms with van der Waals surface area (Å²) >= 11 is 12.2. The second kappa shape index (κ2) is 9.32. The number of carbonyl (C=O) groups excluding carboxylic acids is 3. The molecule has 0 unspecified atom stereocenters. The van der Waals surface area contributed by atoms with Gasteiger partial charge in [0.15, 0.2) is 0 Å². The van der Waals surface area contributed by atoms with E-state index < -0.39 is 30.2 Å². The number of carbonyl (C=O) groups is 3. The van der Waals surface area contributed by atoms with E-state index in [4.69, 9.17) is 23.2 Å². The lowest BCUT2D eigenvalue weighted by Gasteiger charge is -2.12. The fourth-order valence-corrected chi connectivity index (χ4v) is 4.01. The minimum Gasteiger partial charge on any atom is -0.322 e. The third-order valence-corrected chi connectivity index (χ3v) is 6.08. The van der Waals surface area contributed by atoms with Gasteiger partial charge in [-0.25, -0.2) is 14.1 Å². The number of aryl methyl sites for hydroxylation is 1. The van der Waals surface area contributed by atoms with Crippen molar-refractivity contribution in [2.75, 3.05) is 11.9 Å². The molecule has 1 fully saturated rings. The van der Waals surface area contributed by atoms with Crippen LogP contribution in [0.1, 0.15) is 17.0 Å². The molecule has 7 nitrogen and oxygen atoms in total. The Bertz CT molecular complexity index is 1370. The Balaban J connectivity index is 1.55. The second-order valence-electron chi connectivity index (χ2n) is 7.67. The van der Waals surface area contributed by atoms with Gasteiger partial charge in [-0.1, -0.05) is 35.3 Å². The lowest BCUT2D eigenvalue weighted by Crippen LogP contribution is -2.38. The molecule has 0 bridgehead atoms. The van der Waals surface area contributed by atoms with E-state index in [2.05, 4.69) is 10.6 Å². The molecule has 10 heteroatoms. The summed E-state index contributed by atoms with van der Waals surface area (Å²) in [6, 6.07) is 12.0. The third-order valence-electron chi connectivity index (χ3n) is 5.34. The van der Waals surface area contributed by atoms with Crippen LogP contribution in [0.3, 0.4) is 0 Å². The van der Waals surface area contributed by atoms with Crippen LogP contribution in [0.4, 0.5) is 14.9 Å². The zero-order chi connectivity index (χ0) is 24.6. The van der Waals surface area contributed by atoms with Gasteiger partial charge in [0.05, 0.1) is 15.7 Å². The van der Waals surface area contributed by atoms with Gasteiger partial charge < -0.3 is 15.2 Å². The van der Waals surface area contributed by atoms with Crippen LogP contribution < -0.4 is 10.6 Å². The summed E-state index contributed by atoms with van der Waals surface area (Å²) in [5, 5.41) is 5.70. The highest BCUT2D eigenvalue weighted by atomic mass is 35.5. The van der Waals surface area contributed by atoms with Gasteiger partial charge in [-0.05, 0) is 61.9 Å². The van der Waals surface area contributed by atoms with Crippen LogP contribution >= 0.6 is 23.2 Å². The molecule has 1 saturated heterocycles. The van der Waals surface area contributed by atoms with Crippen LogP contribution in [0, 0.1) is 19.7 Å². The van der Waals surface area contributed by atoms with E-state index >= 15 is 0 Å². The van der Waals surface area contributed by atoms with Crippen molar-refractivity contribution in [2.45, 2.75) is 13.8 Å². The van der Waals surface area contributed by atoms with Crippen molar-refractivity contribution in [3.8, 4) is 5.69 Å². The Kier molecular flexibility index (Phi) is 6.45. The molecular formula is C24H19Cl2FN4O3. The highest BCUT2D eigenvalue weighted by Crippen LogP contribution is 2.28. The van der Waals surface area contributed by atoms with Gasteiger partial charge in [-0.15, -0.1) is 0 Å². The topological polar surface area (TPSA) is 83.4 Å². The number of imide groups is 1. The molecule has 0 saturated carbocycles. The monoisotopic (exact) mass is 500 g/mol. The maximum atomic E-state index is 13.8. The third kappa shape index (κ3) is 4.55. The number of halogens is 3. The van der Waals surface area contributed by atoms with Crippen molar-refractivity contribution < 1.29 is 18.8 Å². The molecule has 1 aliphatic rings. The highest BCUT2D eigenvalue weighted by Gasteiger charge is 2.35. The van der Waals surface area contributed by atoms with Crippen molar-refractivity contribution in [3.63, 3.8) is 0 Å². The Morgan fingerprint density at radius 3 is 2.53 bits per heavy atom. The van der Waals surface area contributed by atoms with Gasteiger partial charge in [0.1, 0.15) is 18.1 Å².